The Labute approximate surface area is 232 Å². The van der Waals surface area contributed by atoms with E-state index in [1.165, 1.54) is 11.8 Å². The van der Waals surface area contributed by atoms with E-state index in [1.807, 2.05) is 57.2 Å². The zero-order valence-electron chi connectivity index (χ0n) is 23.1. The molecule has 0 radical (unpaired) electrons. The molecule has 1 aromatic heterocycles. The van der Waals surface area contributed by atoms with E-state index in [1.54, 1.807) is 13.2 Å². The molecule has 1 fully saturated rings. The molecule has 3 aromatic rings. The summed E-state index contributed by atoms with van der Waals surface area (Å²) in [7, 11) is 1.60. The maximum atomic E-state index is 13.4. The molecule has 3 atom stereocenters. The van der Waals surface area contributed by atoms with Gasteiger partial charge < -0.3 is 14.6 Å². The van der Waals surface area contributed by atoms with Gasteiger partial charge in [-0.3, -0.25) is 9.78 Å². The molecule has 40 heavy (non-hydrogen) atoms. The summed E-state index contributed by atoms with van der Waals surface area (Å²) < 4.78 is 52.3. The summed E-state index contributed by atoms with van der Waals surface area (Å²) in [4.78, 5) is 15.2. The minimum Gasteiger partial charge on any atom is -0.489 e. The third kappa shape index (κ3) is 5.33. The van der Waals surface area contributed by atoms with Gasteiger partial charge in [-0.2, -0.15) is 13.2 Å². The van der Waals surface area contributed by atoms with Gasteiger partial charge in [0.05, 0.1) is 12.0 Å². The molecule has 0 aliphatic heterocycles. The summed E-state index contributed by atoms with van der Waals surface area (Å²) >= 11 is 0. The highest BCUT2D eigenvalue weighted by Gasteiger charge is 2.60. The Hall–Kier alpha value is -3.39. The minimum atomic E-state index is -4.55. The number of fused-ring (bicyclic) bond motifs is 2. The molecule has 1 heterocycles. The van der Waals surface area contributed by atoms with Crippen LogP contribution in [-0.4, -0.2) is 23.2 Å². The maximum absolute atomic E-state index is 13.4. The van der Waals surface area contributed by atoms with Crippen molar-refractivity contribution in [2.45, 2.75) is 70.8 Å². The number of carboxylic acids is 1. The summed E-state index contributed by atoms with van der Waals surface area (Å²) in [5, 5.41) is 9.62. The first kappa shape index (κ1) is 28.1. The Morgan fingerprint density at radius 2 is 1.90 bits per heavy atom. The quantitative estimate of drug-likeness (QED) is 0.324. The Morgan fingerprint density at radius 1 is 1.12 bits per heavy atom. The molecule has 1 saturated carbocycles. The number of nitrogens with zero attached hydrogens (tertiary/aromatic N) is 1. The van der Waals surface area contributed by atoms with Crippen LogP contribution in [0.25, 0.3) is 11.1 Å². The number of ether oxygens (including phenoxy) is 2. The average molecular weight is 554 g/mol. The van der Waals surface area contributed by atoms with E-state index in [0.717, 1.165) is 42.0 Å². The molecule has 5 rings (SSSR count). The summed E-state index contributed by atoms with van der Waals surface area (Å²) in [5.74, 6) is -0.411. The third-order valence-corrected chi connectivity index (χ3v) is 8.25. The van der Waals surface area contributed by atoms with E-state index in [0.29, 0.717) is 23.3 Å². The molecule has 2 aliphatic rings. The molecule has 1 N–H and O–H groups in total. The number of pyridine rings is 1. The molecule has 0 saturated heterocycles. The van der Waals surface area contributed by atoms with Gasteiger partial charge in [-0.25, -0.2) is 0 Å². The van der Waals surface area contributed by atoms with Crippen molar-refractivity contribution in [3.8, 4) is 16.9 Å². The van der Waals surface area contributed by atoms with Crippen molar-refractivity contribution in [1.82, 2.24) is 4.98 Å². The average Bonchev–Trinajstić information content (AvgIpc) is 3.62. The zero-order chi connectivity index (χ0) is 28.9. The van der Waals surface area contributed by atoms with Gasteiger partial charge in [0.25, 0.3) is 0 Å². The molecule has 212 valence electrons. The first-order valence-corrected chi connectivity index (χ1v) is 13.5. The SMILES string of the molecule is CO[C@H](c1cc(COc2ccc3c(c2)[C@@]2(CCC3)C[C@@H]2C(=O)O)ccc1-c1ccnc(C(F)(F)F)c1)C(C)(C)C. The van der Waals surface area contributed by atoms with Gasteiger partial charge in [0.15, 0.2) is 0 Å². The van der Waals surface area contributed by atoms with Gasteiger partial charge in [0.2, 0.25) is 0 Å². The first-order valence-electron chi connectivity index (χ1n) is 13.5. The molecule has 1 spiro atoms. The number of carboxylic acid groups (broad SMARTS) is 1. The Bertz CT molecular complexity index is 1430. The van der Waals surface area contributed by atoms with E-state index in [4.69, 9.17) is 9.47 Å². The number of hydrogen-bond acceptors (Lipinski definition) is 4. The van der Waals surface area contributed by atoms with Crippen molar-refractivity contribution in [3.05, 3.63) is 82.7 Å². The number of carbonyl (C=O) groups is 1. The van der Waals surface area contributed by atoms with Crippen molar-refractivity contribution < 1.29 is 32.5 Å². The van der Waals surface area contributed by atoms with Crippen LogP contribution < -0.4 is 4.74 Å². The van der Waals surface area contributed by atoms with Crippen molar-refractivity contribution in [1.29, 1.82) is 0 Å². The highest BCUT2D eigenvalue weighted by Crippen LogP contribution is 2.60. The van der Waals surface area contributed by atoms with Gasteiger partial charge in [0.1, 0.15) is 18.1 Å². The fourth-order valence-corrected chi connectivity index (χ4v) is 6.31. The largest absolute Gasteiger partial charge is 0.489 e. The van der Waals surface area contributed by atoms with Gasteiger partial charge >= 0.3 is 12.1 Å². The van der Waals surface area contributed by atoms with Crippen LogP contribution in [0, 0.1) is 11.3 Å². The van der Waals surface area contributed by atoms with Crippen molar-refractivity contribution in [3.63, 3.8) is 0 Å². The van der Waals surface area contributed by atoms with Crippen LogP contribution in [0.4, 0.5) is 13.2 Å². The predicted octanol–water partition coefficient (Wildman–Crippen LogP) is 7.76. The number of halogens is 3. The smallest absolute Gasteiger partial charge is 0.433 e. The van der Waals surface area contributed by atoms with Gasteiger partial charge in [0, 0.05) is 18.7 Å². The normalized spacial score (nSPS) is 21.1. The minimum absolute atomic E-state index is 0.242. The summed E-state index contributed by atoms with van der Waals surface area (Å²) in [6.07, 6.45) is -0.298. The van der Waals surface area contributed by atoms with E-state index in [2.05, 4.69) is 4.98 Å². The number of methoxy groups -OCH3 is 1. The fourth-order valence-electron chi connectivity index (χ4n) is 6.31. The lowest BCUT2D eigenvalue weighted by molar-refractivity contribution is -0.141. The Morgan fingerprint density at radius 3 is 2.55 bits per heavy atom. The van der Waals surface area contributed by atoms with Gasteiger partial charge in [-0.05, 0) is 94.8 Å². The first-order chi connectivity index (χ1) is 18.8. The van der Waals surface area contributed by atoms with Gasteiger partial charge in [-0.1, -0.05) is 39.0 Å². The molecule has 0 bridgehead atoms. The topological polar surface area (TPSA) is 68.7 Å². The number of aryl methyl sites for hydroxylation is 1. The summed E-state index contributed by atoms with van der Waals surface area (Å²) in [6.45, 7) is 6.30. The second-order valence-electron chi connectivity index (χ2n) is 12.0. The van der Waals surface area contributed by atoms with E-state index < -0.39 is 23.9 Å². The summed E-state index contributed by atoms with van der Waals surface area (Å²) in [6, 6.07) is 14.2. The van der Waals surface area contributed by atoms with Gasteiger partial charge in [-0.15, -0.1) is 0 Å². The predicted molar refractivity (Wildman–Crippen MR) is 145 cm³/mol. The molecule has 2 aliphatic carbocycles. The van der Waals surface area contributed by atoms with Crippen LogP contribution >= 0.6 is 0 Å². The maximum Gasteiger partial charge on any atom is 0.433 e. The molecule has 0 unspecified atom stereocenters. The molecule has 0 amide bonds. The lowest BCUT2D eigenvalue weighted by atomic mass is 9.78. The number of aromatic nitrogens is 1. The summed E-state index contributed by atoms with van der Waals surface area (Å²) in [5.41, 5.74) is 3.38. The lowest BCUT2D eigenvalue weighted by Crippen LogP contribution is -2.21. The standard InChI is InChI=1S/C32H34F3NO4/c1-30(2,3)28(39-4)24-14-19(7-10-23(24)21-11-13-36-27(15-21)32(33,34)35)18-40-22-9-8-20-6-5-12-31(25(20)16-22)17-26(31)29(37)38/h7-11,13-16,26,28H,5-6,12,17-18H2,1-4H3,(H,37,38)/t26-,28-,31-/m1/s1. The van der Waals surface area contributed by atoms with Crippen LogP contribution in [0.1, 0.15) is 74.1 Å². The van der Waals surface area contributed by atoms with Crippen molar-refractivity contribution in [2.24, 2.45) is 11.3 Å². The van der Waals surface area contributed by atoms with Crippen LogP contribution in [0.5, 0.6) is 5.75 Å². The van der Waals surface area contributed by atoms with Crippen LogP contribution in [0.2, 0.25) is 0 Å². The molecular formula is C32H34F3NO4. The number of benzene rings is 2. The molecule has 8 heteroatoms. The fraction of sp³-hybridized carbons (Fsp3) is 0.438. The van der Waals surface area contributed by atoms with E-state index >= 15 is 0 Å². The number of alkyl halides is 3. The number of aliphatic carboxylic acids is 1. The second-order valence-corrected chi connectivity index (χ2v) is 12.0. The highest BCUT2D eigenvalue weighted by atomic mass is 19.4. The van der Waals surface area contributed by atoms with Crippen LogP contribution in [-0.2, 0) is 34.2 Å². The Kier molecular flexibility index (Phi) is 7.19. The third-order valence-electron chi connectivity index (χ3n) is 8.25. The van der Waals surface area contributed by atoms with Crippen molar-refractivity contribution >= 4 is 5.97 Å². The second kappa shape index (κ2) is 10.2. The van der Waals surface area contributed by atoms with E-state index in [9.17, 15) is 23.1 Å². The molecule has 5 nitrogen and oxygen atoms in total. The van der Waals surface area contributed by atoms with Crippen LogP contribution in [0.3, 0.4) is 0 Å². The van der Waals surface area contributed by atoms with E-state index in [-0.39, 0.29) is 23.4 Å². The Balaban J connectivity index is 1.45. The highest BCUT2D eigenvalue weighted by molar-refractivity contribution is 5.78. The molecular weight excluding hydrogens is 519 g/mol. The lowest BCUT2D eigenvalue weighted by Gasteiger charge is -2.32. The number of hydrogen-bond donors (Lipinski definition) is 1. The monoisotopic (exact) mass is 553 g/mol. The number of rotatable bonds is 7. The zero-order valence-corrected chi connectivity index (χ0v) is 23.1. The van der Waals surface area contributed by atoms with Crippen molar-refractivity contribution in [2.75, 3.05) is 7.11 Å². The molecule has 2 aromatic carbocycles. The van der Waals surface area contributed by atoms with Crippen LogP contribution in [0.15, 0.2) is 54.7 Å².